The fourth-order valence-electron chi connectivity index (χ4n) is 4.57. The van der Waals surface area contributed by atoms with Crippen LogP contribution in [0.5, 0.6) is 0 Å². The molecule has 3 rings (SSSR count). The number of hydrogen-bond donors (Lipinski definition) is 1. The van der Waals surface area contributed by atoms with E-state index in [4.69, 9.17) is 14.2 Å². The lowest BCUT2D eigenvalue weighted by Crippen LogP contribution is -2.54. The number of esters is 3. The van der Waals surface area contributed by atoms with E-state index in [1.54, 1.807) is 27.7 Å². The molecule has 0 aliphatic rings. The van der Waals surface area contributed by atoms with E-state index >= 15 is 0 Å². The van der Waals surface area contributed by atoms with Crippen LogP contribution >= 0.6 is 0 Å². The van der Waals surface area contributed by atoms with Crippen molar-refractivity contribution >= 4 is 17.9 Å². The van der Waals surface area contributed by atoms with Gasteiger partial charge in [0.1, 0.15) is 11.6 Å². The summed E-state index contributed by atoms with van der Waals surface area (Å²) in [4.78, 5) is 39.5. The molecule has 1 N–H and O–H groups in total. The molecule has 0 bridgehead atoms. The van der Waals surface area contributed by atoms with Crippen LogP contribution in [-0.4, -0.2) is 43.3 Å². The van der Waals surface area contributed by atoms with Crippen LogP contribution in [0.2, 0.25) is 0 Å². The number of nitrogens with one attached hydrogen (secondary N) is 1. The summed E-state index contributed by atoms with van der Waals surface area (Å²) in [6.45, 7) is 6.89. The Labute approximate surface area is 230 Å². The largest absolute Gasteiger partial charge is 0.468 e. The van der Waals surface area contributed by atoms with Crippen molar-refractivity contribution in [3.63, 3.8) is 0 Å². The van der Waals surface area contributed by atoms with Crippen LogP contribution < -0.4 is 5.32 Å². The van der Waals surface area contributed by atoms with Crippen molar-refractivity contribution < 1.29 is 28.6 Å². The first-order valence-corrected chi connectivity index (χ1v) is 13.0. The van der Waals surface area contributed by atoms with Gasteiger partial charge in [0.2, 0.25) is 0 Å². The first kappa shape index (κ1) is 29.6. The van der Waals surface area contributed by atoms with Crippen LogP contribution in [-0.2, 0) is 34.1 Å². The third-order valence-corrected chi connectivity index (χ3v) is 6.23. The van der Waals surface area contributed by atoms with Gasteiger partial charge in [-0.1, -0.05) is 91.0 Å². The number of methoxy groups -OCH3 is 1. The van der Waals surface area contributed by atoms with Crippen molar-refractivity contribution in [3.05, 3.63) is 108 Å². The summed E-state index contributed by atoms with van der Waals surface area (Å²) >= 11 is 0. The molecule has 0 spiro atoms. The maximum atomic E-state index is 13.3. The minimum atomic E-state index is -1.35. The van der Waals surface area contributed by atoms with Crippen molar-refractivity contribution in [2.24, 2.45) is 5.92 Å². The molecule has 0 fully saturated rings. The monoisotopic (exact) mass is 531 g/mol. The summed E-state index contributed by atoms with van der Waals surface area (Å²) in [5, 5.41) is 3.52. The second-order valence-corrected chi connectivity index (χ2v) is 10.1. The molecule has 0 saturated heterocycles. The zero-order valence-electron chi connectivity index (χ0n) is 23.2. The van der Waals surface area contributed by atoms with Crippen LogP contribution in [0.15, 0.2) is 91.0 Å². The normalized spacial score (nSPS) is 13.2. The molecular weight excluding hydrogens is 494 g/mol. The average Bonchev–Trinajstić information content (AvgIpc) is 2.93. The highest BCUT2D eigenvalue weighted by Crippen LogP contribution is 2.38. The quantitative estimate of drug-likeness (QED) is 0.161. The lowest BCUT2D eigenvalue weighted by molar-refractivity contribution is -0.170. The van der Waals surface area contributed by atoms with Crippen molar-refractivity contribution in [1.29, 1.82) is 0 Å². The van der Waals surface area contributed by atoms with Crippen LogP contribution in [0.1, 0.15) is 50.8 Å². The molecule has 0 amide bonds. The van der Waals surface area contributed by atoms with Crippen molar-refractivity contribution in [3.8, 4) is 0 Å². The highest BCUT2D eigenvalue weighted by molar-refractivity contribution is 5.96. The van der Waals surface area contributed by atoms with Gasteiger partial charge in [0.25, 0.3) is 0 Å². The van der Waals surface area contributed by atoms with Gasteiger partial charge in [0.15, 0.2) is 5.92 Å². The first-order chi connectivity index (χ1) is 18.6. The molecule has 1 unspecified atom stereocenters. The van der Waals surface area contributed by atoms with Gasteiger partial charge >= 0.3 is 17.9 Å². The molecule has 39 heavy (non-hydrogen) atoms. The van der Waals surface area contributed by atoms with E-state index in [0.29, 0.717) is 0 Å². The number of hydrogen-bond acceptors (Lipinski definition) is 7. The van der Waals surface area contributed by atoms with Gasteiger partial charge in [-0.15, -0.1) is 0 Å². The fourth-order valence-corrected chi connectivity index (χ4v) is 4.57. The van der Waals surface area contributed by atoms with Gasteiger partial charge in [-0.3, -0.25) is 19.7 Å². The highest BCUT2D eigenvalue weighted by atomic mass is 16.6. The zero-order chi connectivity index (χ0) is 28.5. The lowest BCUT2D eigenvalue weighted by Gasteiger charge is -2.40. The SMILES string of the molecule is CCOC(=O)C(C[C@H](NC(c1ccccc1)(c1ccccc1)c1ccccc1)C(=O)OC)C(=O)OC(C)(C)C. The van der Waals surface area contributed by atoms with E-state index in [0.717, 1.165) is 16.7 Å². The molecule has 3 aromatic carbocycles. The minimum Gasteiger partial charge on any atom is -0.468 e. The van der Waals surface area contributed by atoms with Gasteiger partial charge in [-0.2, -0.15) is 0 Å². The van der Waals surface area contributed by atoms with Crippen LogP contribution in [0, 0.1) is 5.92 Å². The van der Waals surface area contributed by atoms with Crippen molar-refractivity contribution in [1.82, 2.24) is 5.32 Å². The average molecular weight is 532 g/mol. The third-order valence-electron chi connectivity index (χ3n) is 6.23. The van der Waals surface area contributed by atoms with Gasteiger partial charge in [-0.05, 0) is 50.8 Å². The summed E-state index contributed by atoms with van der Waals surface area (Å²) in [6, 6.07) is 28.0. The van der Waals surface area contributed by atoms with Gasteiger partial charge in [0, 0.05) is 0 Å². The molecule has 206 valence electrons. The van der Waals surface area contributed by atoms with Crippen molar-refractivity contribution in [2.45, 2.75) is 51.3 Å². The van der Waals surface area contributed by atoms with Gasteiger partial charge < -0.3 is 14.2 Å². The summed E-state index contributed by atoms with van der Waals surface area (Å²) in [5.74, 6) is -3.49. The molecular formula is C32H37NO6. The van der Waals surface area contributed by atoms with E-state index in [-0.39, 0.29) is 13.0 Å². The number of carbonyl (C=O) groups excluding carboxylic acids is 3. The molecule has 0 aromatic heterocycles. The molecule has 0 aliphatic heterocycles. The minimum absolute atomic E-state index is 0.0798. The Bertz CT molecular complexity index is 1130. The topological polar surface area (TPSA) is 90.9 Å². The fraction of sp³-hybridized carbons (Fsp3) is 0.344. The van der Waals surface area contributed by atoms with Gasteiger partial charge in [0.05, 0.1) is 19.3 Å². The Morgan fingerprint density at radius 2 is 1.15 bits per heavy atom. The van der Waals surface area contributed by atoms with E-state index < -0.39 is 41.0 Å². The molecule has 0 radical (unpaired) electrons. The highest BCUT2D eigenvalue weighted by Gasteiger charge is 2.43. The number of benzene rings is 3. The second kappa shape index (κ2) is 13.2. The zero-order valence-corrected chi connectivity index (χ0v) is 23.2. The molecule has 0 heterocycles. The second-order valence-electron chi connectivity index (χ2n) is 10.1. The number of carbonyl (C=O) groups is 3. The summed E-state index contributed by atoms with van der Waals surface area (Å²) in [7, 11) is 1.28. The van der Waals surface area contributed by atoms with E-state index in [2.05, 4.69) is 5.32 Å². The molecule has 7 heteroatoms. The molecule has 2 atom stereocenters. The molecule has 0 saturated carbocycles. The maximum Gasteiger partial charge on any atom is 0.322 e. The molecule has 0 aliphatic carbocycles. The van der Waals surface area contributed by atoms with Gasteiger partial charge in [-0.25, -0.2) is 0 Å². The summed E-state index contributed by atoms with van der Waals surface area (Å²) < 4.78 is 15.9. The summed E-state index contributed by atoms with van der Waals surface area (Å²) in [5.41, 5.74) is 0.719. The Morgan fingerprint density at radius 1 is 0.718 bits per heavy atom. The van der Waals surface area contributed by atoms with Crippen LogP contribution in [0.4, 0.5) is 0 Å². The molecule has 7 nitrogen and oxygen atoms in total. The van der Waals surface area contributed by atoms with Crippen LogP contribution in [0.25, 0.3) is 0 Å². The third kappa shape index (κ3) is 7.33. The Morgan fingerprint density at radius 3 is 1.51 bits per heavy atom. The molecule has 3 aromatic rings. The smallest absolute Gasteiger partial charge is 0.322 e. The number of ether oxygens (including phenoxy) is 3. The lowest BCUT2D eigenvalue weighted by atomic mass is 9.76. The van der Waals surface area contributed by atoms with E-state index in [9.17, 15) is 14.4 Å². The van der Waals surface area contributed by atoms with Crippen molar-refractivity contribution in [2.75, 3.05) is 13.7 Å². The van der Waals surface area contributed by atoms with Crippen LogP contribution in [0.3, 0.4) is 0 Å². The Hall–Kier alpha value is -3.97. The van der Waals surface area contributed by atoms with E-state index in [1.807, 2.05) is 91.0 Å². The maximum absolute atomic E-state index is 13.3. The Kier molecular flexibility index (Phi) is 10.0. The first-order valence-electron chi connectivity index (χ1n) is 13.0. The summed E-state index contributed by atoms with van der Waals surface area (Å²) in [6.07, 6.45) is -0.228. The predicted molar refractivity (Wildman–Crippen MR) is 149 cm³/mol. The standard InChI is InChI=1S/C32H37NO6/c1-6-38-28(34)26(29(35)39-31(2,3)4)22-27(30(36)37-5)33-32(23-16-10-7-11-17-23,24-18-12-8-13-19-24)25-20-14-9-15-21-25/h7-21,26-27,33H,6,22H2,1-5H3/t26?,27-/m0/s1. The Balaban J connectivity index is 2.19. The predicted octanol–water partition coefficient (Wildman–Crippen LogP) is 5.02. The van der Waals surface area contributed by atoms with E-state index in [1.165, 1.54) is 7.11 Å². The number of rotatable bonds is 11.